The Morgan fingerprint density at radius 2 is 1.85 bits per heavy atom. The summed E-state index contributed by atoms with van der Waals surface area (Å²) in [5.74, 6) is -1.24. The first-order chi connectivity index (χ1) is 9.52. The molecule has 0 bridgehead atoms. The van der Waals surface area contributed by atoms with Crippen LogP contribution in [0.2, 0.25) is 0 Å². The summed E-state index contributed by atoms with van der Waals surface area (Å²) < 4.78 is 4.83. The van der Waals surface area contributed by atoms with Crippen LogP contribution in [0.1, 0.15) is 46.0 Å². The SMILES string of the molecule is C/C=C/C(=O)O[C@H](C)C(=O)NC(=O)NC1CCCCC1. The van der Waals surface area contributed by atoms with Crippen molar-refractivity contribution >= 4 is 17.9 Å². The average molecular weight is 282 g/mol. The number of carbonyl (C=O) groups excluding carboxylic acids is 3. The molecule has 0 spiro atoms. The second-order valence-electron chi connectivity index (χ2n) is 4.88. The van der Waals surface area contributed by atoms with Crippen LogP contribution in [0.25, 0.3) is 0 Å². The molecule has 0 radical (unpaired) electrons. The Bertz CT molecular complexity index is 387. The van der Waals surface area contributed by atoms with E-state index in [9.17, 15) is 14.4 Å². The Balaban J connectivity index is 2.32. The van der Waals surface area contributed by atoms with E-state index in [-0.39, 0.29) is 6.04 Å². The first kappa shape index (κ1) is 16.2. The molecule has 3 amide bonds. The van der Waals surface area contributed by atoms with Gasteiger partial charge in [0.05, 0.1) is 0 Å². The van der Waals surface area contributed by atoms with E-state index in [0.29, 0.717) is 0 Å². The molecule has 0 heterocycles. The molecule has 1 rings (SSSR count). The highest BCUT2D eigenvalue weighted by Crippen LogP contribution is 2.17. The average Bonchev–Trinajstić information content (AvgIpc) is 2.39. The number of amides is 3. The Kier molecular flexibility index (Phi) is 6.76. The maximum absolute atomic E-state index is 11.7. The fourth-order valence-corrected chi connectivity index (χ4v) is 2.09. The third kappa shape index (κ3) is 5.86. The Morgan fingerprint density at radius 1 is 1.20 bits per heavy atom. The van der Waals surface area contributed by atoms with E-state index in [2.05, 4.69) is 10.6 Å². The molecule has 1 atom stereocenters. The van der Waals surface area contributed by atoms with Crippen molar-refractivity contribution in [1.29, 1.82) is 0 Å². The van der Waals surface area contributed by atoms with Crippen molar-refractivity contribution in [3.05, 3.63) is 12.2 Å². The summed E-state index contributed by atoms with van der Waals surface area (Å²) in [6.07, 6.45) is 6.98. The van der Waals surface area contributed by atoms with Crippen LogP contribution in [0, 0.1) is 0 Å². The van der Waals surface area contributed by atoms with Crippen molar-refractivity contribution in [2.75, 3.05) is 0 Å². The minimum atomic E-state index is -1.00. The van der Waals surface area contributed by atoms with Gasteiger partial charge in [-0.25, -0.2) is 9.59 Å². The Morgan fingerprint density at radius 3 is 2.45 bits per heavy atom. The maximum Gasteiger partial charge on any atom is 0.331 e. The minimum absolute atomic E-state index is 0.123. The van der Waals surface area contributed by atoms with E-state index in [0.717, 1.165) is 25.7 Å². The van der Waals surface area contributed by atoms with Gasteiger partial charge in [0.1, 0.15) is 0 Å². The summed E-state index contributed by atoms with van der Waals surface area (Å²) in [5.41, 5.74) is 0. The summed E-state index contributed by atoms with van der Waals surface area (Å²) in [4.78, 5) is 34.5. The van der Waals surface area contributed by atoms with Gasteiger partial charge < -0.3 is 10.1 Å². The molecule has 6 nitrogen and oxygen atoms in total. The second-order valence-corrected chi connectivity index (χ2v) is 4.88. The molecule has 0 saturated heterocycles. The van der Waals surface area contributed by atoms with Gasteiger partial charge in [-0.2, -0.15) is 0 Å². The lowest BCUT2D eigenvalue weighted by atomic mass is 9.96. The van der Waals surface area contributed by atoms with Gasteiger partial charge in [0.25, 0.3) is 5.91 Å². The van der Waals surface area contributed by atoms with Crippen molar-refractivity contribution in [3.63, 3.8) is 0 Å². The van der Waals surface area contributed by atoms with Crippen LogP contribution in [0.5, 0.6) is 0 Å². The molecule has 0 aliphatic heterocycles. The number of imide groups is 1. The van der Waals surface area contributed by atoms with Gasteiger partial charge in [-0.15, -0.1) is 0 Å². The number of carbonyl (C=O) groups is 3. The number of hydrogen-bond acceptors (Lipinski definition) is 4. The standard InChI is InChI=1S/C14H22N2O4/c1-3-7-12(17)20-10(2)13(18)16-14(19)15-11-8-5-4-6-9-11/h3,7,10-11H,4-6,8-9H2,1-2H3,(H2,15,16,18,19)/b7-3+/t10-/m1/s1. The lowest BCUT2D eigenvalue weighted by molar-refractivity contribution is -0.149. The van der Waals surface area contributed by atoms with Crippen molar-refractivity contribution in [2.24, 2.45) is 0 Å². The van der Waals surface area contributed by atoms with Gasteiger partial charge in [0.2, 0.25) is 0 Å². The number of esters is 1. The lowest BCUT2D eigenvalue weighted by Gasteiger charge is -2.23. The van der Waals surface area contributed by atoms with Gasteiger partial charge in [0, 0.05) is 12.1 Å². The van der Waals surface area contributed by atoms with Crippen molar-refractivity contribution < 1.29 is 19.1 Å². The summed E-state index contributed by atoms with van der Waals surface area (Å²) in [6.45, 7) is 3.09. The van der Waals surface area contributed by atoms with Gasteiger partial charge in [-0.05, 0) is 26.7 Å². The fourth-order valence-electron chi connectivity index (χ4n) is 2.09. The van der Waals surface area contributed by atoms with Crippen LogP contribution in [-0.2, 0) is 14.3 Å². The summed E-state index contributed by atoms with van der Waals surface area (Å²) >= 11 is 0. The van der Waals surface area contributed by atoms with E-state index < -0.39 is 24.0 Å². The quantitative estimate of drug-likeness (QED) is 0.606. The molecule has 1 saturated carbocycles. The first-order valence-electron chi connectivity index (χ1n) is 6.97. The largest absolute Gasteiger partial charge is 0.449 e. The summed E-state index contributed by atoms with van der Waals surface area (Å²) in [7, 11) is 0. The highest BCUT2D eigenvalue weighted by Gasteiger charge is 2.21. The second kappa shape index (κ2) is 8.35. The third-order valence-corrected chi connectivity index (χ3v) is 3.14. The number of urea groups is 1. The molecule has 0 unspecified atom stereocenters. The number of nitrogens with one attached hydrogen (secondary N) is 2. The third-order valence-electron chi connectivity index (χ3n) is 3.14. The van der Waals surface area contributed by atoms with Crippen LogP contribution < -0.4 is 10.6 Å². The molecule has 112 valence electrons. The van der Waals surface area contributed by atoms with Crippen molar-refractivity contribution in [3.8, 4) is 0 Å². The molecule has 6 heteroatoms. The summed E-state index contributed by atoms with van der Waals surface area (Å²) in [6, 6.07) is -0.409. The zero-order valence-corrected chi connectivity index (χ0v) is 12.0. The molecule has 0 aromatic carbocycles. The highest BCUT2D eigenvalue weighted by molar-refractivity contribution is 5.97. The zero-order chi connectivity index (χ0) is 15.0. The van der Waals surface area contributed by atoms with E-state index >= 15 is 0 Å². The smallest absolute Gasteiger partial charge is 0.331 e. The number of ether oxygens (including phenoxy) is 1. The Hall–Kier alpha value is -1.85. The zero-order valence-electron chi connectivity index (χ0n) is 12.0. The molecule has 1 fully saturated rings. The number of hydrogen-bond donors (Lipinski definition) is 2. The normalized spacial score (nSPS) is 17.5. The van der Waals surface area contributed by atoms with E-state index in [1.807, 2.05) is 0 Å². The van der Waals surface area contributed by atoms with Crippen LogP contribution in [0.4, 0.5) is 4.79 Å². The molecule has 2 N–H and O–H groups in total. The predicted molar refractivity (Wildman–Crippen MR) is 73.9 cm³/mol. The van der Waals surface area contributed by atoms with Gasteiger partial charge >= 0.3 is 12.0 Å². The van der Waals surface area contributed by atoms with Crippen molar-refractivity contribution in [1.82, 2.24) is 10.6 Å². The van der Waals surface area contributed by atoms with Crippen LogP contribution in [-0.4, -0.2) is 30.1 Å². The van der Waals surface area contributed by atoms with E-state index in [1.165, 1.54) is 25.5 Å². The fraction of sp³-hybridized carbons (Fsp3) is 0.643. The van der Waals surface area contributed by atoms with Gasteiger partial charge in [-0.3, -0.25) is 10.1 Å². The topological polar surface area (TPSA) is 84.5 Å². The van der Waals surface area contributed by atoms with Gasteiger partial charge in [-0.1, -0.05) is 25.3 Å². The lowest BCUT2D eigenvalue weighted by Crippen LogP contribution is -2.48. The van der Waals surface area contributed by atoms with Gasteiger partial charge in [0.15, 0.2) is 6.10 Å². The molecule has 1 aliphatic rings. The van der Waals surface area contributed by atoms with E-state index in [4.69, 9.17) is 4.74 Å². The molecular weight excluding hydrogens is 260 g/mol. The molecule has 0 aromatic heterocycles. The van der Waals surface area contributed by atoms with Crippen LogP contribution >= 0.6 is 0 Å². The van der Waals surface area contributed by atoms with Crippen LogP contribution in [0.15, 0.2) is 12.2 Å². The molecule has 1 aliphatic carbocycles. The number of allylic oxidation sites excluding steroid dienone is 1. The Labute approximate surface area is 118 Å². The maximum atomic E-state index is 11.7. The van der Waals surface area contributed by atoms with Crippen LogP contribution in [0.3, 0.4) is 0 Å². The molecular formula is C14H22N2O4. The molecule has 20 heavy (non-hydrogen) atoms. The monoisotopic (exact) mass is 282 g/mol. The predicted octanol–water partition coefficient (Wildman–Crippen LogP) is 1.65. The number of rotatable bonds is 4. The first-order valence-corrected chi connectivity index (χ1v) is 6.97. The molecule has 0 aromatic rings. The highest BCUT2D eigenvalue weighted by atomic mass is 16.5. The summed E-state index contributed by atoms with van der Waals surface area (Å²) in [5, 5.41) is 4.94. The van der Waals surface area contributed by atoms with E-state index in [1.54, 1.807) is 6.92 Å². The minimum Gasteiger partial charge on any atom is -0.449 e. The van der Waals surface area contributed by atoms with Crippen molar-refractivity contribution in [2.45, 2.75) is 58.1 Å².